The van der Waals surface area contributed by atoms with Gasteiger partial charge in [-0.1, -0.05) is 19.1 Å². The van der Waals surface area contributed by atoms with Crippen LogP contribution in [0, 0.1) is 0 Å². The van der Waals surface area contributed by atoms with E-state index in [-0.39, 0.29) is 12.1 Å². The Hall–Kier alpha value is -3.02. The second-order valence-corrected chi connectivity index (χ2v) is 6.03. The van der Waals surface area contributed by atoms with Crippen molar-refractivity contribution in [3.05, 3.63) is 36.4 Å². The Labute approximate surface area is 152 Å². The molecule has 1 aromatic heterocycles. The van der Waals surface area contributed by atoms with Gasteiger partial charge in [0.25, 0.3) is 0 Å². The fourth-order valence-corrected chi connectivity index (χ4v) is 2.68. The largest absolute Gasteiger partial charge is 0.493 e. The van der Waals surface area contributed by atoms with Gasteiger partial charge in [-0.15, -0.1) is 0 Å². The summed E-state index contributed by atoms with van der Waals surface area (Å²) < 4.78 is 16.7. The third kappa shape index (κ3) is 3.49. The molecule has 0 amide bonds. The maximum atomic E-state index is 5.95. The highest BCUT2D eigenvalue weighted by atomic mass is 16.5. The molecule has 1 unspecified atom stereocenters. The molecule has 0 aliphatic carbocycles. The fourth-order valence-electron chi connectivity index (χ4n) is 2.68. The Morgan fingerprint density at radius 3 is 2.35 bits per heavy atom. The summed E-state index contributed by atoms with van der Waals surface area (Å²) in [5, 5.41) is 0.826. The number of nitrogen functional groups attached to an aromatic ring is 1. The van der Waals surface area contributed by atoms with E-state index in [2.05, 4.69) is 16.9 Å². The van der Waals surface area contributed by atoms with Crippen LogP contribution in [0.4, 0.5) is 5.95 Å². The molecule has 2 N–H and O–H groups in total. The van der Waals surface area contributed by atoms with E-state index in [0.717, 1.165) is 28.5 Å². The van der Waals surface area contributed by atoms with Crippen LogP contribution in [-0.4, -0.2) is 30.3 Å². The van der Waals surface area contributed by atoms with Gasteiger partial charge in [0, 0.05) is 0 Å². The number of hydrogen-bond donors (Lipinski definition) is 1. The average molecular weight is 353 g/mol. The number of ether oxygens (including phenoxy) is 3. The lowest BCUT2D eigenvalue weighted by Crippen LogP contribution is -2.12. The standard InChI is InChI=1S/C20H23N3O3/c1-5-12(2)26-19-15-10-13(6-8-16(15)22-20(21)23-19)14-7-9-17(24-3)18(11-14)25-4/h6-12H,5H2,1-4H3,(H2,21,22,23). The van der Waals surface area contributed by atoms with Crippen molar-refractivity contribution in [1.82, 2.24) is 9.97 Å². The molecule has 0 saturated carbocycles. The van der Waals surface area contributed by atoms with E-state index in [4.69, 9.17) is 19.9 Å². The first-order chi connectivity index (χ1) is 12.5. The van der Waals surface area contributed by atoms with Gasteiger partial charge < -0.3 is 19.9 Å². The van der Waals surface area contributed by atoms with Crippen LogP contribution in [0.25, 0.3) is 22.0 Å². The van der Waals surface area contributed by atoms with Gasteiger partial charge >= 0.3 is 0 Å². The van der Waals surface area contributed by atoms with Gasteiger partial charge in [-0.25, -0.2) is 4.98 Å². The van der Waals surface area contributed by atoms with E-state index < -0.39 is 0 Å². The summed E-state index contributed by atoms with van der Waals surface area (Å²) >= 11 is 0. The quantitative estimate of drug-likeness (QED) is 0.719. The maximum absolute atomic E-state index is 5.95. The molecule has 3 aromatic rings. The zero-order valence-electron chi connectivity index (χ0n) is 15.4. The van der Waals surface area contributed by atoms with Gasteiger partial charge in [0.1, 0.15) is 0 Å². The molecule has 1 heterocycles. The molecular weight excluding hydrogens is 330 g/mol. The third-order valence-electron chi connectivity index (χ3n) is 4.28. The van der Waals surface area contributed by atoms with E-state index in [1.807, 2.05) is 43.3 Å². The number of rotatable bonds is 6. The van der Waals surface area contributed by atoms with Gasteiger partial charge in [0.15, 0.2) is 11.5 Å². The molecule has 2 aromatic carbocycles. The second-order valence-electron chi connectivity index (χ2n) is 6.03. The minimum Gasteiger partial charge on any atom is -0.493 e. The number of nitrogens with two attached hydrogens (primary N) is 1. The Balaban J connectivity index is 2.11. The van der Waals surface area contributed by atoms with E-state index in [0.29, 0.717) is 17.4 Å². The molecule has 0 aliphatic heterocycles. The predicted molar refractivity (Wildman–Crippen MR) is 103 cm³/mol. The lowest BCUT2D eigenvalue weighted by Gasteiger charge is -2.15. The summed E-state index contributed by atoms with van der Waals surface area (Å²) in [5.74, 6) is 2.07. The van der Waals surface area contributed by atoms with E-state index >= 15 is 0 Å². The first-order valence-electron chi connectivity index (χ1n) is 8.52. The fraction of sp³-hybridized carbons (Fsp3) is 0.300. The summed E-state index contributed by atoms with van der Waals surface area (Å²) in [4.78, 5) is 8.59. The van der Waals surface area contributed by atoms with Gasteiger partial charge in [0.2, 0.25) is 11.8 Å². The highest BCUT2D eigenvalue weighted by Crippen LogP contribution is 2.34. The smallest absolute Gasteiger partial charge is 0.226 e. The van der Waals surface area contributed by atoms with E-state index in [1.54, 1.807) is 14.2 Å². The maximum Gasteiger partial charge on any atom is 0.226 e. The van der Waals surface area contributed by atoms with Crippen LogP contribution >= 0.6 is 0 Å². The molecule has 3 rings (SSSR count). The topological polar surface area (TPSA) is 79.5 Å². The third-order valence-corrected chi connectivity index (χ3v) is 4.28. The molecule has 0 fully saturated rings. The number of methoxy groups -OCH3 is 2. The number of fused-ring (bicyclic) bond motifs is 1. The van der Waals surface area contributed by atoms with Crippen LogP contribution in [0.15, 0.2) is 36.4 Å². The molecule has 136 valence electrons. The van der Waals surface area contributed by atoms with Crippen LogP contribution in [0.3, 0.4) is 0 Å². The highest BCUT2D eigenvalue weighted by Gasteiger charge is 2.13. The van der Waals surface area contributed by atoms with E-state index in [1.165, 1.54) is 0 Å². The first-order valence-corrected chi connectivity index (χ1v) is 8.52. The number of hydrogen-bond acceptors (Lipinski definition) is 6. The minimum absolute atomic E-state index is 0.0391. The molecule has 26 heavy (non-hydrogen) atoms. The summed E-state index contributed by atoms with van der Waals surface area (Å²) in [6, 6.07) is 11.7. The number of nitrogens with zero attached hydrogens (tertiary/aromatic N) is 2. The second kappa shape index (κ2) is 7.47. The van der Waals surface area contributed by atoms with Crippen molar-refractivity contribution in [2.45, 2.75) is 26.4 Å². The molecule has 6 nitrogen and oxygen atoms in total. The van der Waals surface area contributed by atoms with Crippen molar-refractivity contribution in [2.75, 3.05) is 20.0 Å². The van der Waals surface area contributed by atoms with Crippen molar-refractivity contribution in [1.29, 1.82) is 0 Å². The normalized spacial score (nSPS) is 12.0. The van der Waals surface area contributed by atoms with Crippen molar-refractivity contribution in [2.24, 2.45) is 0 Å². The van der Waals surface area contributed by atoms with Gasteiger partial charge in [-0.3, -0.25) is 0 Å². The highest BCUT2D eigenvalue weighted by molar-refractivity contribution is 5.89. The number of anilines is 1. The summed E-state index contributed by atoms with van der Waals surface area (Å²) in [7, 11) is 3.24. The lowest BCUT2D eigenvalue weighted by atomic mass is 10.0. The van der Waals surface area contributed by atoms with Crippen molar-refractivity contribution in [3.8, 4) is 28.5 Å². The molecule has 0 aliphatic rings. The molecule has 0 radical (unpaired) electrons. The zero-order chi connectivity index (χ0) is 18.7. The lowest BCUT2D eigenvalue weighted by molar-refractivity contribution is 0.212. The van der Waals surface area contributed by atoms with Crippen molar-refractivity contribution in [3.63, 3.8) is 0 Å². The summed E-state index contributed by atoms with van der Waals surface area (Å²) in [5.41, 5.74) is 8.58. The molecule has 6 heteroatoms. The van der Waals surface area contributed by atoms with Crippen molar-refractivity contribution < 1.29 is 14.2 Å². The van der Waals surface area contributed by atoms with Crippen LogP contribution < -0.4 is 19.9 Å². The average Bonchev–Trinajstić information content (AvgIpc) is 2.66. The van der Waals surface area contributed by atoms with Crippen LogP contribution in [0.1, 0.15) is 20.3 Å². The summed E-state index contributed by atoms with van der Waals surface area (Å²) in [6.45, 7) is 4.06. The Morgan fingerprint density at radius 2 is 1.65 bits per heavy atom. The molecule has 0 spiro atoms. The van der Waals surface area contributed by atoms with E-state index in [9.17, 15) is 0 Å². The molecular formula is C20H23N3O3. The van der Waals surface area contributed by atoms with Gasteiger partial charge in [0.05, 0.1) is 31.2 Å². The van der Waals surface area contributed by atoms with Crippen molar-refractivity contribution >= 4 is 16.9 Å². The van der Waals surface area contributed by atoms with Crippen LogP contribution in [0.2, 0.25) is 0 Å². The molecule has 1 atom stereocenters. The predicted octanol–water partition coefficient (Wildman–Crippen LogP) is 4.07. The molecule has 0 bridgehead atoms. The van der Waals surface area contributed by atoms with Gasteiger partial charge in [-0.05, 0) is 48.7 Å². The zero-order valence-corrected chi connectivity index (χ0v) is 15.4. The van der Waals surface area contributed by atoms with Crippen LogP contribution in [0.5, 0.6) is 17.4 Å². The number of benzene rings is 2. The Bertz CT molecular complexity index is 928. The molecule has 0 saturated heterocycles. The monoisotopic (exact) mass is 353 g/mol. The minimum atomic E-state index is 0.0391. The Morgan fingerprint density at radius 1 is 0.962 bits per heavy atom. The van der Waals surface area contributed by atoms with Gasteiger partial charge in [-0.2, -0.15) is 4.98 Å². The SMILES string of the molecule is CCC(C)Oc1nc(N)nc2ccc(-c3ccc(OC)c(OC)c3)cc12. The summed E-state index contributed by atoms with van der Waals surface area (Å²) in [6.07, 6.45) is 0.915. The Kier molecular flexibility index (Phi) is 5.11. The number of aromatic nitrogens is 2. The van der Waals surface area contributed by atoms with Crippen LogP contribution in [-0.2, 0) is 0 Å². The first kappa shape index (κ1) is 17.8.